The summed E-state index contributed by atoms with van der Waals surface area (Å²) >= 11 is 0. The molecule has 5 heteroatoms. The van der Waals surface area contributed by atoms with Gasteiger partial charge in [0.15, 0.2) is 0 Å². The van der Waals surface area contributed by atoms with Gasteiger partial charge < -0.3 is 9.73 Å². The van der Waals surface area contributed by atoms with Gasteiger partial charge in [-0.3, -0.25) is 4.79 Å². The number of nitrogens with one attached hydrogen (secondary N) is 1. The Morgan fingerprint density at radius 1 is 1.27 bits per heavy atom. The summed E-state index contributed by atoms with van der Waals surface area (Å²) in [6.07, 6.45) is 3.58. The summed E-state index contributed by atoms with van der Waals surface area (Å²) < 4.78 is 5.44. The molecule has 1 aliphatic rings. The molecule has 1 heterocycles. The molecule has 1 aromatic carbocycles. The smallest absolute Gasteiger partial charge is 0.235 e. The van der Waals surface area contributed by atoms with Gasteiger partial charge in [0.2, 0.25) is 17.7 Å². The van der Waals surface area contributed by atoms with Crippen LogP contribution in [-0.4, -0.2) is 16.1 Å². The first-order valence-electron chi connectivity index (χ1n) is 7.81. The van der Waals surface area contributed by atoms with Gasteiger partial charge in [0.1, 0.15) is 0 Å². The third-order valence-electron chi connectivity index (χ3n) is 4.51. The van der Waals surface area contributed by atoms with Gasteiger partial charge in [0.25, 0.3) is 0 Å². The second-order valence-corrected chi connectivity index (χ2v) is 5.88. The summed E-state index contributed by atoms with van der Waals surface area (Å²) in [4.78, 5) is 12.7. The van der Waals surface area contributed by atoms with Gasteiger partial charge in [-0.2, -0.15) is 0 Å². The summed E-state index contributed by atoms with van der Waals surface area (Å²) in [5.41, 5.74) is 1.92. The average molecular weight is 299 g/mol. The van der Waals surface area contributed by atoms with Crippen molar-refractivity contribution in [3.05, 3.63) is 47.2 Å². The first-order valence-corrected chi connectivity index (χ1v) is 7.81. The maximum atomic E-state index is 12.7. The molecular weight excluding hydrogens is 278 g/mol. The van der Waals surface area contributed by atoms with Gasteiger partial charge in [-0.15, -0.1) is 10.2 Å². The predicted octanol–water partition coefficient (Wildman–Crippen LogP) is 2.68. The maximum Gasteiger partial charge on any atom is 0.235 e. The minimum Gasteiger partial charge on any atom is -0.423 e. The van der Waals surface area contributed by atoms with Gasteiger partial charge in [-0.1, -0.05) is 37.6 Å². The highest BCUT2D eigenvalue weighted by Crippen LogP contribution is 2.45. The Bertz CT molecular complexity index is 674. The van der Waals surface area contributed by atoms with Crippen molar-refractivity contribution in [1.29, 1.82) is 0 Å². The van der Waals surface area contributed by atoms with E-state index >= 15 is 0 Å². The molecule has 22 heavy (non-hydrogen) atoms. The molecule has 1 aliphatic carbocycles. The van der Waals surface area contributed by atoms with E-state index in [2.05, 4.69) is 34.6 Å². The number of aryl methyl sites for hydroxylation is 2. The zero-order valence-corrected chi connectivity index (χ0v) is 13.1. The Morgan fingerprint density at radius 2 is 2.00 bits per heavy atom. The number of benzene rings is 1. The fourth-order valence-corrected chi connectivity index (χ4v) is 3.09. The molecule has 1 fully saturated rings. The van der Waals surface area contributed by atoms with E-state index in [0.717, 1.165) is 24.8 Å². The van der Waals surface area contributed by atoms with E-state index in [1.165, 1.54) is 5.56 Å². The summed E-state index contributed by atoms with van der Waals surface area (Å²) in [5, 5.41) is 10.8. The normalized spacial score (nSPS) is 16.1. The van der Waals surface area contributed by atoms with Crippen LogP contribution in [-0.2, 0) is 23.2 Å². The molecule has 0 saturated heterocycles. The lowest BCUT2D eigenvalue weighted by molar-refractivity contribution is -0.130. The molecular formula is C17H21N3O2. The molecule has 0 aliphatic heterocycles. The molecule has 0 bridgehead atoms. The topological polar surface area (TPSA) is 68.0 Å². The maximum absolute atomic E-state index is 12.7. The van der Waals surface area contributed by atoms with Crippen LogP contribution < -0.4 is 5.32 Å². The largest absolute Gasteiger partial charge is 0.423 e. The van der Waals surface area contributed by atoms with E-state index in [-0.39, 0.29) is 11.3 Å². The van der Waals surface area contributed by atoms with Gasteiger partial charge in [-0.05, 0) is 30.9 Å². The molecule has 0 spiro atoms. The minimum atomic E-state index is -0.390. The van der Waals surface area contributed by atoms with Gasteiger partial charge in [-0.25, -0.2) is 0 Å². The number of nitrogens with zero attached hydrogens (tertiary/aromatic N) is 2. The lowest BCUT2D eigenvalue weighted by Crippen LogP contribution is -2.49. The molecule has 3 rings (SSSR count). The number of hydrogen-bond donors (Lipinski definition) is 1. The molecule has 1 amide bonds. The average Bonchev–Trinajstić information content (AvgIpc) is 2.94. The van der Waals surface area contributed by atoms with Crippen molar-refractivity contribution in [2.24, 2.45) is 0 Å². The second-order valence-electron chi connectivity index (χ2n) is 5.88. The molecule has 5 nitrogen and oxygen atoms in total. The number of amides is 1. The van der Waals surface area contributed by atoms with Crippen LogP contribution in [0.3, 0.4) is 0 Å². The Balaban J connectivity index is 1.73. The van der Waals surface area contributed by atoms with Crippen LogP contribution in [0.2, 0.25) is 0 Å². The van der Waals surface area contributed by atoms with E-state index in [1.807, 2.05) is 19.1 Å². The molecule has 0 unspecified atom stereocenters. The van der Waals surface area contributed by atoms with Crippen LogP contribution in [0.1, 0.15) is 49.1 Å². The fourth-order valence-electron chi connectivity index (χ4n) is 3.09. The predicted molar refractivity (Wildman–Crippen MR) is 82.2 cm³/mol. The van der Waals surface area contributed by atoms with Crippen LogP contribution >= 0.6 is 0 Å². The van der Waals surface area contributed by atoms with Crippen molar-refractivity contribution in [3.8, 4) is 0 Å². The highest BCUT2D eigenvalue weighted by Gasteiger charge is 2.46. The molecule has 2 aromatic rings. The molecule has 0 atom stereocenters. The van der Waals surface area contributed by atoms with Crippen LogP contribution in [0.5, 0.6) is 0 Å². The number of carbonyl (C=O) groups excluding carboxylic acids is 1. The number of carbonyl (C=O) groups is 1. The van der Waals surface area contributed by atoms with Gasteiger partial charge in [0.05, 0.1) is 12.0 Å². The van der Waals surface area contributed by atoms with Crippen LogP contribution in [0.15, 0.2) is 28.7 Å². The van der Waals surface area contributed by atoms with Crippen LogP contribution in [0.25, 0.3) is 0 Å². The van der Waals surface area contributed by atoms with E-state index in [0.29, 0.717) is 24.7 Å². The molecule has 1 saturated carbocycles. The van der Waals surface area contributed by atoms with Crippen molar-refractivity contribution in [3.63, 3.8) is 0 Å². The summed E-state index contributed by atoms with van der Waals surface area (Å²) in [6, 6.07) is 8.14. The highest BCUT2D eigenvalue weighted by molar-refractivity contribution is 5.89. The molecule has 1 N–H and O–H groups in total. The van der Waals surface area contributed by atoms with E-state index in [4.69, 9.17) is 4.42 Å². The molecule has 0 radical (unpaired) electrons. The van der Waals surface area contributed by atoms with Crippen molar-refractivity contribution >= 4 is 5.91 Å². The van der Waals surface area contributed by atoms with E-state index in [9.17, 15) is 4.79 Å². The molecule has 1 aromatic heterocycles. The van der Waals surface area contributed by atoms with Crippen molar-refractivity contribution < 1.29 is 9.21 Å². The monoisotopic (exact) mass is 299 g/mol. The number of aromatic nitrogens is 2. The van der Waals surface area contributed by atoms with E-state index < -0.39 is 0 Å². The highest BCUT2D eigenvalue weighted by atomic mass is 16.4. The Labute approximate surface area is 130 Å². The van der Waals surface area contributed by atoms with Crippen LogP contribution in [0, 0.1) is 6.92 Å². The summed E-state index contributed by atoms with van der Waals surface area (Å²) in [7, 11) is 0. The van der Waals surface area contributed by atoms with Crippen molar-refractivity contribution in [2.75, 3.05) is 0 Å². The Hall–Kier alpha value is -2.17. The summed E-state index contributed by atoms with van der Waals surface area (Å²) in [5.74, 6) is 1.12. The van der Waals surface area contributed by atoms with Gasteiger partial charge in [0, 0.05) is 6.42 Å². The Kier molecular flexibility index (Phi) is 3.96. The third kappa shape index (κ3) is 2.51. The second kappa shape index (κ2) is 5.91. The zero-order chi connectivity index (χ0) is 15.6. The first-order chi connectivity index (χ1) is 10.7. The van der Waals surface area contributed by atoms with E-state index in [1.54, 1.807) is 0 Å². The third-order valence-corrected chi connectivity index (χ3v) is 4.51. The lowest BCUT2D eigenvalue weighted by Gasteiger charge is -2.41. The molecule has 116 valence electrons. The van der Waals surface area contributed by atoms with Crippen molar-refractivity contribution in [2.45, 2.75) is 51.5 Å². The van der Waals surface area contributed by atoms with Crippen LogP contribution in [0.4, 0.5) is 0 Å². The lowest BCUT2D eigenvalue weighted by atomic mass is 9.63. The fraction of sp³-hybridized carbons (Fsp3) is 0.471. The quantitative estimate of drug-likeness (QED) is 0.921. The Morgan fingerprint density at radius 3 is 2.59 bits per heavy atom. The minimum absolute atomic E-state index is 0.0595. The zero-order valence-electron chi connectivity index (χ0n) is 13.1. The number of hydrogen-bond acceptors (Lipinski definition) is 4. The SMILES string of the molecule is CCc1nnc(CNC(=O)C2(c3ccccc3C)CCC2)o1. The first kappa shape index (κ1) is 14.8. The summed E-state index contributed by atoms with van der Waals surface area (Å²) in [6.45, 7) is 4.31. The number of rotatable bonds is 5. The van der Waals surface area contributed by atoms with Crippen molar-refractivity contribution in [1.82, 2.24) is 15.5 Å². The standard InChI is InChI=1S/C17H21N3O2/c1-3-14-19-20-15(22-14)11-18-16(21)17(9-6-10-17)13-8-5-4-7-12(13)2/h4-5,7-8H,3,6,9-11H2,1-2H3,(H,18,21). The van der Waals surface area contributed by atoms with Gasteiger partial charge >= 0.3 is 0 Å².